The molecule has 2 aromatic rings. The summed E-state index contributed by atoms with van der Waals surface area (Å²) in [6, 6.07) is 10.2. The minimum Gasteiger partial charge on any atom is -0.379 e. The third-order valence-electron chi connectivity index (χ3n) is 5.20. The zero-order valence-corrected chi connectivity index (χ0v) is 20.6. The van der Waals surface area contributed by atoms with Gasteiger partial charge in [0, 0.05) is 37.9 Å². The summed E-state index contributed by atoms with van der Waals surface area (Å²) in [6.07, 6.45) is 4.91. The number of hydrogen-bond acceptors (Lipinski definition) is 4. The van der Waals surface area contributed by atoms with Gasteiger partial charge >= 0.3 is 0 Å². The number of rotatable bonds is 8. The quantitative estimate of drug-likeness (QED) is 0.315. The predicted octanol–water partition coefficient (Wildman–Crippen LogP) is 2.70. The molecule has 0 bridgehead atoms. The SMILES string of the molecule is CCNC(=NCC(C)(C)N1CCOCC1)NCCc1cnn(-c2ccccc2)c1.I. The van der Waals surface area contributed by atoms with Gasteiger partial charge in [-0.25, -0.2) is 4.68 Å². The summed E-state index contributed by atoms with van der Waals surface area (Å²) >= 11 is 0. The van der Waals surface area contributed by atoms with E-state index in [1.54, 1.807) is 0 Å². The van der Waals surface area contributed by atoms with Crippen molar-refractivity contribution in [2.75, 3.05) is 45.9 Å². The molecule has 1 aromatic carbocycles. The second-order valence-electron chi connectivity index (χ2n) is 7.91. The van der Waals surface area contributed by atoms with Crippen molar-refractivity contribution in [2.24, 2.45) is 4.99 Å². The molecule has 7 nitrogen and oxygen atoms in total. The molecule has 0 unspecified atom stereocenters. The van der Waals surface area contributed by atoms with Gasteiger partial charge in [0.2, 0.25) is 0 Å². The Bertz CT molecular complexity index is 771. The number of aliphatic imine (C=N–C) groups is 1. The van der Waals surface area contributed by atoms with Crippen LogP contribution >= 0.6 is 24.0 Å². The summed E-state index contributed by atoms with van der Waals surface area (Å²) < 4.78 is 7.39. The molecule has 1 fully saturated rings. The zero-order chi connectivity index (χ0) is 20.5. The zero-order valence-electron chi connectivity index (χ0n) is 18.3. The molecule has 2 N–H and O–H groups in total. The summed E-state index contributed by atoms with van der Waals surface area (Å²) in [6.45, 7) is 12.6. The molecule has 166 valence electrons. The first-order chi connectivity index (χ1) is 14.1. The molecule has 3 rings (SSSR count). The van der Waals surface area contributed by atoms with Crippen LogP contribution in [0.2, 0.25) is 0 Å². The van der Waals surface area contributed by atoms with Crippen LogP contribution < -0.4 is 10.6 Å². The number of morpholine rings is 1. The summed E-state index contributed by atoms with van der Waals surface area (Å²) in [5.41, 5.74) is 2.29. The van der Waals surface area contributed by atoms with E-state index >= 15 is 0 Å². The van der Waals surface area contributed by atoms with E-state index in [1.807, 2.05) is 29.1 Å². The van der Waals surface area contributed by atoms with E-state index in [9.17, 15) is 0 Å². The topological polar surface area (TPSA) is 66.7 Å². The fourth-order valence-electron chi connectivity index (χ4n) is 3.42. The number of guanidine groups is 1. The average molecular weight is 526 g/mol. The van der Waals surface area contributed by atoms with Crippen LogP contribution in [0.15, 0.2) is 47.7 Å². The molecular weight excluding hydrogens is 491 g/mol. The number of para-hydroxylation sites is 1. The molecule has 30 heavy (non-hydrogen) atoms. The lowest BCUT2D eigenvalue weighted by Gasteiger charge is -2.39. The largest absolute Gasteiger partial charge is 0.379 e. The Labute approximate surface area is 197 Å². The van der Waals surface area contributed by atoms with E-state index in [4.69, 9.17) is 9.73 Å². The molecule has 8 heteroatoms. The van der Waals surface area contributed by atoms with Crippen LogP contribution in [0.5, 0.6) is 0 Å². The third kappa shape index (κ3) is 7.24. The van der Waals surface area contributed by atoms with Gasteiger partial charge in [-0.05, 0) is 44.9 Å². The van der Waals surface area contributed by atoms with Crippen LogP contribution in [0.3, 0.4) is 0 Å². The lowest BCUT2D eigenvalue weighted by atomic mass is 10.0. The fraction of sp³-hybridized carbons (Fsp3) is 0.545. The molecule has 1 aliphatic rings. The summed E-state index contributed by atoms with van der Waals surface area (Å²) in [5.74, 6) is 0.865. The van der Waals surface area contributed by atoms with Gasteiger partial charge in [0.05, 0.1) is 31.6 Å². The summed E-state index contributed by atoms with van der Waals surface area (Å²) in [4.78, 5) is 7.30. The van der Waals surface area contributed by atoms with Crippen LogP contribution in [-0.4, -0.2) is 72.1 Å². The highest BCUT2D eigenvalue weighted by Gasteiger charge is 2.28. The molecule has 0 atom stereocenters. The predicted molar refractivity (Wildman–Crippen MR) is 133 cm³/mol. The smallest absolute Gasteiger partial charge is 0.191 e. The van der Waals surface area contributed by atoms with Crippen molar-refractivity contribution in [2.45, 2.75) is 32.7 Å². The Morgan fingerprint density at radius 3 is 2.60 bits per heavy atom. The highest BCUT2D eigenvalue weighted by atomic mass is 127. The molecule has 0 aliphatic carbocycles. The van der Waals surface area contributed by atoms with E-state index in [0.717, 1.165) is 64.0 Å². The molecule has 1 aliphatic heterocycles. The Kier molecular flexibility index (Phi) is 10.1. The normalized spacial score (nSPS) is 15.5. The molecule has 1 aromatic heterocycles. The van der Waals surface area contributed by atoms with Crippen molar-refractivity contribution in [3.05, 3.63) is 48.3 Å². The van der Waals surface area contributed by atoms with Crippen molar-refractivity contribution >= 4 is 29.9 Å². The number of halogens is 1. The first kappa shape index (κ1) is 24.6. The maximum Gasteiger partial charge on any atom is 0.191 e. The minimum atomic E-state index is 0. The Hall–Kier alpha value is -1.65. The van der Waals surface area contributed by atoms with Gasteiger partial charge in [-0.1, -0.05) is 18.2 Å². The molecule has 1 saturated heterocycles. The maximum absolute atomic E-state index is 5.48. The van der Waals surface area contributed by atoms with Crippen LogP contribution in [0.1, 0.15) is 26.3 Å². The molecule has 0 saturated carbocycles. The second kappa shape index (κ2) is 12.3. The maximum atomic E-state index is 5.48. The number of hydrogen-bond donors (Lipinski definition) is 2. The number of nitrogens with one attached hydrogen (secondary N) is 2. The third-order valence-corrected chi connectivity index (χ3v) is 5.20. The van der Waals surface area contributed by atoms with E-state index in [-0.39, 0.29) is 29.5 Å². The van der Waals surface area contributed by atoms with Crippen LogP contribution in [-0.2, 0) is 11.2 Å². The Morgan fingerprint density at radius 2 is 1.90 bits per heavy atom. The van der Waals surface area contributed by atoms with Gasteiger partial charge in [0.15, 0.2) is 5.96 Å². The number of benzene rings is 1. The number of ether oxygens (including phenoxy) is 1. The first-order valence-electron chi connectivity index (χ1n) is 10.5. The van der Waals surface area contributed by atoms with E-state index in [2.05, 4.69) is 59.7 Å². The van der Waals surface area contributed by atoms with Gasteiger partial charge < -0.3 is 15.4 Å². The lowest BCUT2D eigenvalue weighted by molar-refractivity contribution is -0.00683. The van der Waals surface area contributed by atoms with E-state index in [0.29, 0.717) is 0 Å². The first-order valence-corrected chi connectivity index (χ1v) is 10.5. The molecule has 2 heterocycles. The lowest BCUT2D eigenvalue weighted by Crippen LogP contribution is -2.52. The van der Waals surface area contributed by atoms with E-state index < -0.39 is 0 Å². The number of aromatic nitrogens is 2. The van der Waals surface area contributed by atoms with Gasteiger partial charge in [-0.15, -0.1) is 24.0 Å². The molecular formula is C22H35IN6O. The average Bonchev–Trinajstić information content (AvgIpc) is 3.22. The molecule has 0 spiro atoms. The summed E-state index contributed by atoms with van der Waals surface area (Å²) in [7, 11) is 0. The molecule has 0 radical (unpaired) electrons. The number of nitrogens with zero attached hydrogens (tertiary/aromatic N) is 4. The van der Waals surface area contributed by atoms with Gasteiger partial charge in [-0.2, -0.15) is 5.10 Å². The Morgan fingerprint density at radius 1 is 1.17 bits per heavy atom. The molecule has 0 amide bonds. The van der Waals surface area contributed by atoms with Crippen molar-refractivity contribution in [1.29, 1.82) is 0 Å². The van der Waals surface area contributed by atoms with Crippen LogP contribution in [0, 0.1) is 0 Å². The monoisotopic (exact) mass is 526 g/mol. The van der Waals surface area contributed by atoms with Crippen LogP contribution in [0.25, 0.3) is 5.69 Å². The van der Waals surface area contributed by atoms with Crippen molar-refractivity contribution in [1.82, 2.24) is 25.3 Å². The van der Waals surface area contributed by atoms with Gasteiger partial charge in [-0.3, -0.25) is 9.89 Å². The minimum absolute atomic E-state index is 0. The van der Waals surface area contributed by atoms with Gasteiger partial charge in [0.25, 0.3) is 0 Å². The van der Waals surface area contributed by atoms with Gasteiger partial charge in [0.1, 0.15) is 0 Å². The van der Waals surface area contributed by atoms with Crippen LogP contribution in [0.4, 0.5) is 0 Å². The summed E-state index contributed by atoms with van der Waals surface area (Å²) in [5, 5.41) is 11.3. The Balaban J connectivity index is 0.00000320. The highest BCUT2D eigenvalue weighted by Crippen LogP contribution is 2.16. The standard InChI is InChI=1S/C22H34N6O.HI/c1-4-23-21(25-18-22(2,3)27-12-14-29-15-13-27)24-11-10-19-16-26-28(17-19)20-8-6-5-7-9-20;/h5-9,16-17H,4,10-15,18H2,1-3H3,(H2,23,24,25);1H. The fourth-order valence-corrected chi connectivity index (χ4v) is 3.42. The van der Waals surface area contributed by atoms with Crippen molar-refractivity contribution in [3.63, 3.8) is 0 Å². The van der Waals surface area contributed by atoms with Crippen molar-refractivity contribution in [3.8, 4) is 5.69 Å². The highest BCUT2D eigenvalue weighted by molar-refractivity contribution is 14.0. The van der Waals surface area contributed by atoms with Crippen molar-refractivity contribution < 1.29 is 4.74 Å². The second-order valence-corrected chi connectivity index (χ2v) is 7.91. The van der Waals surface area contributed by atoms with E-state index in [1.165, 1.54) is 5.56 Å².